The third-order valence-electron chi connectivity index (χ3n) is 4.49. The molecular formula is C17H25N3O2. The lowest BCUT2D eigenvalue weighted by Crippen LogP contribution is -2.44. The molecule has 1 atom stereocenters. The number of hydrogen-bond acceptors (Lipinski definition) is 4. The smallest absolute Gasteiger partial charge is 0.228 e. The van der Waals surface area contributed by atoms with Gasteiger partial charge in [0.1, 0.15) is 0 Å². The van der Waals surface area contributed by atoms with E-state index in [1.54, 1.807) is 0 Å². The molecule has 5 nitrogen and oxygen atoms in total. The second kappa shape index (κ2) is 7.22. The first-order valence-electron chi connectivity index (χ1n) is 8.12. The van der Waals surface area contributed by atoms with E-state index in [1.165, 1.54) is 16.7 Å². The number of rotatable bonds is 4. The van der Waals surface area contributed by atoms with E-state index in [0.717, 1.165) is 45.9 Å². The lowest BCUT2D eigenvalue weighted by atomic mass is 9.89. The predicted molar refractivity (Wildman–Crippen MR) is 85.9 cm³/mol. The van der Waals surface area contributed by atoms with Crippen LogP contribution >= 0.6 is 0 Å². The van der Waals surface area contributed by atoms with E-state index >= 15 is 0 Å². The molecular weight excluding hydrogens is 278 g/mol. The molecule has 0 radical (unpaired) electrons. The van der Waals surface area contributed by atoms with Crippen molar-refractivity contribution in [2.45, 2.75) is 19.4 Å². The molecule has 0 aliphatic carbocycles. The Bertz CT molecular complexity index is 527. The van der Waals surface area contributed by atoms with Crippen molar-refractivity contribution < 1.29 is 9.53 Å². The van der Waals surface area contributed by atoms with Crippen LogP contribution in [0, 0.1) is 6.92 Å². The Kier molecular flexibility index (Phi) is 5.08. The van der Waals surface area contributed by atoms with Crippen LogP contribution in [0.5, 0.6) is 0 Å². The minimum absolute atomic E-state index is 0.0750. The number of benzene rings is 1. The summed E-state index contributed by atoms with van der Waals surface area (Å²) in [7, 11) is 0. The summed E-state index contributed by atoms with van der Waals surface area (Å²) in [6.07, 6.45) is 0. The van der Waals surface area contributed by atoms with Crippen LogP contribution in [-0.2, 0) is 16.1 Å². The van der Waals surface area contributed by atoms with Crippen molar-refractivity contribution in [3.8, 4) is 0 Å². The van der Waals surface area contributed by atoms with Crippen molar-refractivity contribution >= 4 is 5.91 Å². The summed E-state index contributed by atoms with van der Waals surface area (Å²) < 4.78 is 5.33. The van der Waals surface area contributed by atoms with Crippen molar-refractivity contribution in [3.63, 3.8) is 0 Å². The summed E-state index contributed by atoms with van der Waals surface area (Å²) in [4.78, 5) is 14.8. The molecule has 22 heavy (non-hydrogen) atoms. The molecule has 120 valence electrons. The standard InChI is InChI=1S/C17H25N3O2/c1-13-2-3-15-14(10-13)11-18-12-16(15)17(21)19-4-5-20-6-8-22-9-7-20/h2-3,10,16,18H,4-9,11-12H2,1H3,(H,19,21). The van der Waals surface area contributed by atoms with E-state index in [9.17, 15) is 4.79 Å². The van der Waals surface area contributed by atoms with Crippen molar-refractivity contribution in [2.75, 3.05) is 45.9 Å². The number of carbonyl (C=O) groups excluding carboxylic acids is 1. The summed E-state index contributed by atoms with van der Waals surface area (Å²) in [5.41, 5.74) is 3.67. The second-order valence-electron chi connectivity index (χ2n) is 6.13. The van der Waals surface area contributed by atoms with Gasteiger partial charge in [-0.3, -0.25) is 9.69 Å². The number of morpholine rings is 1. The Morgan fingerprint density at radius 1 is 1.41 bits per heavy atom. The van der Waals surface area contributed by atoms with Crippen LogP contribution in [0.15, 0.2) is 18.2 Å². The number of nitrogens with one attached hydrogen (secondary N) is 2. The van der Waals surface area contributed by atoms with Crippen molar-refractivity contribution in [3.05, 3.63) is 34.9 Å². The quantitative estimate of drug-likeness (QED) is 0.857. The number of hydrogen-bond donors (Lipinski definition) is 2. The van der Waals surface area contributed by atoms with Crippen LogP contribution in [0.2, 0.25) is 0 Å². The van der Waals surface area contributed by atoms with Crippen molar-refractivity contribution in [1.82, 2.24) is 15.5 Å². The third kappa shape index (κ3) is 3.66. The molecule has 2 aliphatic heterocycles. The number of aryl methyl sites for hydroxylation is 1. The molecule has 0 bridgehead atoms. The van der Waals surface area contributed by atoms with Gasteiger partial charge in [-0.25, -0.2) is 0 Å². The average molecular weight is 303 g/mol. The van der Waals surface area contributed by atoms with E-state index in [1.807, 2.05) is 0 Å². The molecule has 1 saturated heterocycles. The highest BCUT2D eigenvalue weighted by molar-refractivity contribution is 5.84. The van der Waals surface area contributed by atoms with Crippen LogP contribution in [-0.4, -0.2) is 56.7 Å². The zero-order chi connectivity index (χ0) is 15.4. The van der Waals surface area contributed by atoms with Gasteiger partial charge in [-0.2, -0.15) is 0 Å². The van der Waals surface area contributed by atoms with Crippen LogP contribution in [0.4, 0.5) is 0 Å². The van der Waals surface area contributed by atoms with Gasteiger partial charge in [0.25, 0.3) is 0 Å². The minimum Gasteiger partial charge on any atom is -0.379 e. The number of nitrogens with zero attached hydrogens (tertiary/aromatic N) is 1. The fourth-order valence-corrected chi connectivity index (χ4v) is 3.21. The minimum atomic E-state index is -0.0750. The highest BCUT2D eigenvalue weighted by Crippen LogP contribution is 2.25. The molecule has 0 saturated carbocycles. The largest absolute Gasteiger partial charge is 0.379 e. The zero-order valence-corrected chi connectivity index (χ0v) is 13.2. The summed E-state index contributed by atoms with van der Waals surface area (Å²) in [6, 6.07) is 6.38. The Labute approximate surface area is 132 Å². The number of ether oxygens (including phenoxy) is 1. The fraction of sp³-hybridized carbons (Fsp3) is 0.588. The molecule has 1 unspecified atom stereocenters. The first-order valence-corrected chi connectivity index (χ1v) is 8.12. The highest BCUT2D eigenvalue weighted by atomic mass is 16.5. The summed E-state index contributed by atoms with van der Waals surface area (Å²) in [6.45, 7) is 8.79. The molecule has 5 heteroatoms. The van der Waals surface area contributed by atoms with Crippen LogP contribution in [0.3, 0.4) is 0 Å². The maximum atomic E-state index is 12.5. The molecule has 1 aromatic carbocycles. The molecule has 3 rings (SSSR count). The Morgan fingerprint density at radius 3 is 3.05 bits per heavy atom. The van der Waals surface area contributed by atoms with Gasteiger partial charge in [-0.15, -0.1) is 0 Å². The first-order chi connectivity index (χ1) is 10.7. The maximum absolute atomic E-state index is 12.5. The van der Waals surface area contributed by atoms with Gasteiger partial charge in [0.2, 0.25) is 5.91 Å². The van der Waals surface area contributed by atoms with Gasteiger partial charge in [-0.05, 0) is 18.1 Å². The number of carbonyl (C=O) groups is 1. The zero-order valence-electron chi connectivity index (χ0n) is 13.2. The monoisotopic (exact) mass is 303 g/mol. The van der Waals surface area contributed by atoms with Crippen molar-refractivity contribution in [2.24, 2.45) is 0 Å². The predicted octanol–water partition coefficient (Wildman–Crippen LogP) is 0.630. The Balaban J connectivity index is 1.54. The molecule has 2 heterocycles. The molecule has 1 amide bonds. The van der Waals surface area contributed by atoms with E-state index in [2.05, 4.69) is 40.7 Å². The van der Waals surface area contributed by atoms with E-state index in [-0.39, 0.29) is 11.8 Å². The molecule has 1 fully saturated rings. The molecule has 2 N–H and O–H groups in total. The SMILES string of the molecule is Cc1ccc2c(c1)CNCC2C(=O)NCCN1CCOCC1. The Morgan fingerprint density at radius 2 is 2.23 bits per heavy atom. The highest BCUT2D eigenvalue weighted by Gasteiger charge is 2.26. The van der Waals surface area contributed by atoms with Gasteiger partial charge < -0.3 is 15.4 Å². The second-order valence-corrected chi connectivity index (χ2v) is 6.13. The van der Waals surface area contributed by atoms with Gasteiger partial charge in [-0.1, -0.05) is 23.8 Å². The first kappa shape index (κ1) is 15.5. The normalized spacial score (nSPS) is 22.1. The van der Waals surface area contributed by atoms with Crippen molar-refractivity contribution in [1.29, 1.82) is 0 Å². The average Bonchev–Trinajstić information content (AvgIpc) is 2.55. The van der Waals surface area contributed by atoms with Gasteiger partial charge >= 0.3 is 0 Å². The maximum Gasteiger partial charge on any atom is 0.228 e. The molecule has 0 aromatic heterocycles. The fourth-order valence-electron chi connectivity index (χ4n) is 3.21. The molecule has 0 spiro atoms. The van der Waals surface area contributed by atoms with E-state index < -0.39 is 0 Å². The topological polar surface area (TPSA) is 53.6 Å². The van der Waals surface area contributed by atoms with Crippen LogP contribution < -0.4 is 10.6 Å². The summed E-state index contributed by atoms with van der Waals surface area (Å²) >= 11 is 0. The van der Waals surface area contributed by atoms with Crippen LogP contribution in [0.25, 0.3) is 0 Å². The van der Waals surface area contributed by atoms with Gasteiger partial charge in [0, 0.05) is 39.3 Å². The number of fused-ring (bicyclic) bond motifs is 1. The van der Waals surface area contributed by atoms with E-state index in [4.69, 9.17) is 4.74 Å². The molecule has 1 aromatic rings. The lowest BCUT2D eigenvalue weighted by Gasteiger charge is -2.28. The Hall–Kier alpha value is -1.43. The third-order valence-corrected chi connectivity index (χ3v) is 4.49. The lowest BCUT2D eigenvalue weighted by molar-refractivity contribution is -0.122. The molecule has 2 aliphatic rings. The summed E-state index contributed by atoms with van der Waals surface area (Å²) in [5, 5.41) is 6.44. The van der Waals surface area contributed by atoms with Gasteiger partial charge in [0.15, 0.2) is 0 Å². The van der Waals surface area contributed by atoms with E-state index in [0.29, 0.717) is 6.54 Å². The van der Waals surface area contributed by atoms with Gasteiger partial charge in [0.05, 0.1) is 19.1 Å². The van der Waals surface area contributed by atoms with Crippen LogP contribution in [0.1, 0.15) is 22.6 Å². The summed E-state index contributed by atoms with van der Waals surface area (Å²) in [5.74, 6) is 0.0552. The number of amides is 1.